The largest absolute Gasteiger partial charge is 0.482 e. The smallest absolute Gasteiger partial charge is 0.237 e. The van der Waals surface area contributed by atoms with E-state index < -0.39 is 21.9 Å². The third-order valence-corrected chi connectivity index (χ3v) is 7.67. The van der Waals surface area contributed by atoms with Gasteiger partial charge in [0.25, 0.3) is 0 Å². The summed E-state index contributed by atoms with van der Waals surface area (Å²) < 4.78 is 46.5. The van der Waals surface area contributed by atoms with Gasteiger partial charge in [-0.1, -0.05) is 23.2 Å². The first-order valence-corrected chi connectivity index (χ1v) is 14.4. The van der Waals surface area contributed by atoms with E-state index in [4.69, 9.17) is 33.7 Å². The van der Waals surface area contributed by atoms with Gasteiger partial charge in [0.05, 0.1) is 30.1 Å². The van der Waals surface area contributed by atoms with E-state index in [0.29, 0.717) is 37.1 Å². The third kappa shape index (κ3) is 6.55. The Morgan fingerprint density at radius 2 is 1.97 bits per heavy atom. The van der Waals surface area contributed by atoms with E-state index in [2.05, 4.69) is 14.8 Å². The number of carbonyl (C=O) groups excluding carboxylic acids is 1. The lowest BCUT2D eigenvalue weighted by Crippen LogP contribution is -2.44. The fourth-order valence-corrected chi connectivity index (χ4v) is 5.31. The normalized spacial score (nSPS) is 15.4. The number of hydrogen-bond donors (Lipinski definition) is 2. The van der Waals surface area contributed by atoms with Gasteiger partial charge in [0, 0.05) is 47.2 Å². The van der Waals surface area contributed by atoms with Crippen LogP contribution in [0.1, 0.15) is 37.5 Å². The van der Waals surface area contributed by atoms with Crippen LogP contribution in [0.5, 0.6) is 5.75 Å². The number of sulfonamides is 1. The second-order valence-electron chi connectivity index (χ2n) is 9.04. The molecular formula is C24H27Cl2FN6O4S. The Morgan fingerprint density at radius 1 is 1.26 bits per heavy atom. The summed E-state index contributed by atoms with van der Waals surface area (Å²) in [4.78, 5) is 18.1. The number of amides is 1. The number of hydrogen-bond acceptors (Lipinski definition) is 7. The standard InChI is InChI=1S/C24H27Cl2FN6O4S/c1-14(22-18(25)3-4-19(27)23(22)26)37-20-9-15(10-29-24(20)28)16-11-30-33(13-16)17-5-7-32(8-6-17)21(34)12-31-38(2,35)36/h3-4,9-11,13-14,17,31H,5-8,12H2,1-2H3,(H2,28,29)/t14-/m1/s1. The van der Waals surface area contributed by atoms with Crippen LogP contribution in [0.4, 0.5) is 10.2 Å². The number of nitrogen functional groups attached to an aromatic ring is 1. The van der Waals surface area contributed by atoms with Crippen LogP contribution >= 0.6 is 23.2 Å². The predicted octanol–water partition coefficient (Wildman–Crippen LogP) is 3.83. The Bertz CT molecular complexity index is 1440. The highest BCUT2D eigenvalue weighted by atomic mass is 35.5. The lowest BCUT2D eigenvalue weighted by Gasteiger charge is -2.32. The zero-order valence-electron chi connectivity index (χ0n) is 20.7. The highest BCUT2D eigenvalue weighted by molar-refractivity contribution is 7.88. The quantitative estimate of drug-likeness (QED) is 0.384. The molecule has 1 saturated heterocycles. The summed E-state index contributed by atoms with van der Waals surface area (Å²) in [6, 6.07) is 4.40. The molecule has 1 fully saturated rings. The van der Waals surface area contributed by atoms with Crippen LogP contribution in [0.3, 0.4) is 0 Å². The highest BCUT2D eigenvalue weighted by Gasteiger charge is 2.25. The first kappa shape index (κ1) is 28.1. The van der Waals surface area contributed by atoms with Gasteiger partial charge in [-0.15, -0.1) is 0 Å². The number of rotatable bonds is 8. The number of piperidine rings is 1. The molecule has 0 saturated carbocycles. The van der Waals surface area contributed by atoms with Crippen molar-refractivity contribution in [1.29, 1.82) is 0 Å². The number of benzene rings is 1. The van der Waals surface area contributed by atoms with Crippen LogP contribution in [0.25, 0.3) is 11.1 Å². The van der Waals surface area contributed by atoms with Gasteiger partial charge >= 0.3 is 0 Å². The summed E-state index contributed by atoms with van der Waals surface area (Å²) >= 11 is 12.3. The minimum atomic E-state index is -3.43. The molecule has 3 aromatic rings. The molecule has 1 amide bonds. The lowest BCUT2D eigenvalue weighted by molar-refractivity contribution is -0.131. The molecular weight excluding hydrogens is 558 g/mol. The highest BCUT2D eigenvalue weighted by Crippen LogP contribution is 2.37. The number of anilines is 1. The molecule has 10 nitrogen and oxygen atoms in total. The first-order valence-electron chi connectivity index (χ1n) is 11.8. The molecule has 4 rings (SSSR count). The zero-order valence-corrected chi connectivity index (χ0v) is 23.0. The molecule has 1 aliphatic heterocycles. The number of carbonyl (C=O) groups is 1. The van der Waals surface area contributed by atoms with Gasteiger partial charge in [0.2, 0.25) is 15.9 Å². The van der Waals surface area contributed by atoms with Crippen molar-refractivity contribution >= 4 is 45.0 Å². The molecule has 1 atom stereocenters. The van der Waals surface area contributed by atoms with E-state index in [9.17, 15) is 17.6 Å². The van der Waals surface area contributed by atoms with Crippen molar-refractivity contribution < 1.29 is 22.3 Å². The van der Waals surface area contributed by atoms with Gasteiger partial charge in [0.15, 0.2) is 11.6 Å². The van der Waals surface area contributed by atoms with Gasteiger partial charge in [-0.3, -0.25) is 9.48 Å². The maximum absolute atomic E-state index is 14.0. The summed E-state index contributed by atoms with van der Waals surface area (Å²) in [5, 5.41) is 4.65. The van der Waals surface area contributed by atoms with Gasteiger partial charge in [0.1, 0.15) is 11.9 Å². The molecule has 1 aliphatic rings. The van der Waals surface area contributed by atoms with Crippen LogP contribution in [0.15, 0.2) is 36.8 Å². The van der Waals surface area contributed by atoms with E-state index in [0.717, 1.165) is 11.8 Å². The van der Waals surface area contributed by atoms with Crippen LogP contribution < -0.4 is 15.2 Å². The molecule has 1 aromatic carbocycles. The summed E-state index contributed by atoms with van der Waals surface area (Å²) in [7, 11) is -3.43. The summed E-state index contributed by atoms with van der Waals surface area (Å²) in [5.74, 6) is -0.423. The maximum Gasteiger partial charge on any atom is 0.237 e. The molecule has 0 bridgehead atoms. The van der Waals surface area contributed by atoms with Gasteiger partial charge in [-0.2, -0.15) is 5.10 Å². The van der Waals surface area contributed by atoms with Crippen LogP contribution in [0, 0.1) is 5.82 Å². The number of nitrogens with two attached hydrogens (primary N) is 1. The Balaban J connectivity index is 1.43. The fraction of sp³-hybridized carbons (Fsp3) is 0.375. The molecule has 0 spiro atoms. The number of nitrogens with zero attached hydrogens (tertiary/aromatic N) is 4. The average molecular weight is 585 g/mol. The van der Waals surface area contributed by atoms with Gasteiger partial charge in [-0.25, -0.2) is 22.5 Å². The van der Waals surface area contributed by atoms with Crippen molar-refractivity contribution in [2.24, 2.45) is 0 Å². The molecule has 3 heterocycles. The number of aromatic nitrogens is 3. The number of ether oxygens (including phenoxy) is 1. The van der Waals surface area contributed by atoms with Crippen LogP contribution in [-0.4, -0.2) is 59.9 Å². The van der Waals surface area contributed by atoms with E-state index in [1.807, 2.05) is 10.9 Å². The van der Waals surface area contributed by atoms with Crippen molar-refractivity contribution in [3.63, 3.8) is 0 Å². The molecule has 38 heavy (non-hydrogen) atoms. The Labute approximate surface area is 229 Å². The topological polar surface area (TPSA) is 132 Å². The summed E-state index contributed by atoms with van der Waals surface area (Å²) in [6.45, 7) is 2.43. The molecule has 204 valence electrons. The number of nitrogens with one attached hydrogen (secondary N) is 1. The SMILES string of the molecule is C[C@@H](Oc1cc(-c2cnn(C3CCN(C(=O)CNS(C)(=O)=O)CC3)c2)cnc1N)c1c(Cl)ccc(F)c1Cl. The van der Waals surface area contributed by atoms with Crippen molar-refractivity contribution in [1.82, 2.24) is 24.4 Å². The Morgan fingerprint density at radius 3 is 2.66 bits per heavy atom. The maximum atomic E-state index is 14.0. The number of likely N-dealkylation sites (tertiary alicyclic amines) is 1. The number of halogens is 3. The second-order valence-corrected chi connectivity index (χ2v) is 11.7. The van der Waals surface area contributed by atoms with Crippen molar-refractivity contribution in [2.45, 2.75) is 31.9 Å². The van der Waals surface area contributed by atoms with E-state index >= 15 is 0 Å². The zero-order chi connectivity index (χ0) is 27.6. The molecule has 3 N–H and O–H groups in total. The first-order chi connectivity index (χ1) is 17.9. The average Bonchev–Trinajstić information content (AvgIpc) is 3.36. The van der Waals surface area contributed by atoms with Gasteiger partial charge < -0.3 is 15.4 Å². The van der Waals surface area contributed by atoms with Gasteiger partial charge in [-0.05, 0) is 38.0 Å². The fourth-order valence-electron chi connectivity index (χ4n) is 4.24. The number of pyridine rings is 1. The molecule has 0 radical (unpaired) electrons. The predicted molar refractivity (Wildman–Crippen MR) is 143 cm³/mol. The summed E-state index contributed by atoms with van der Waals surface area (Å²) in [5.41, 5.74) is 7.84. The van der Waals surface area contributed by atoms with Crippen molar-refractivity contribution in [3.8, 4) is 16.9 Å². The van der Waals surface area contributed by atoms with E-state index in [1.165, 1.54) is 12.1 Å². The Hall–Kier alpha value is -2.93. The second kappa shape index (κ2) is 11.4. The summed E-state index contributed by atoms with van der Waals surface area (Å²) in [6.07, 6.45) is 6.85. The molecule has 0 aliphatic carbocycles. The van der Waals surface area contributed by atoms with Crippen molar-refractivity contribution in [2.75, 3.05) is 31.6 Å². The minimum absolute atomic E-state index is 0.0745. The monoisotopic (exact) mass is 584 g/mol. The minimum Gasteiger partial charge on any atom is -0.482 e. The van der Waals surface area contributed by atoms with E-state index in [-0.39, 0.29) is 40.1 Å². The van der Waals surface area contributed by atoms with E-state index in [1.54, 1.807) is 30.3 Å². The van der Waals surface area contributed by atoms with Crippen molar-refractivity contribution in [3.05, 3.63) is 58.2 Å². The molecule has 2 aromatic heterocycles. The third-order valence-electron chi connectivity index (χ3n) is 6.28. The lowest BCUT2D eigenvalue weighted by atomic mass is 10.1. The van der Waals surface area contributed by atoms with Crippen LogP contribution in [0.2, 0.25) is 10.0 Å². The molecule has 0 unspecified atom stereocenters. The molecule has 14 heteroatoms. The Kier molecular flexibility index (Phi) is 8.46. The van der Waals surface area contributed by atoms with Crippen LogP contribution in [-0.2, 0) is 14.8 Å².